The van der Waals surface area contributed by atoms with Crippen molar-refractivity contribution in [2.45, 2.75) is 19.4 Å². The van der Waals surface area contributed by atoms with E-state index in [-0.39, 0.29) is 11.9 Å². The molecule has 0 saturated carbocycles. The molecule has 2 rings (SSSR count). The molecule has 1 amide bonds. The molecule has 0 spiro atoms. The van der Waals surface area contributed by atoms with Crippen LogP contribution in [0, 0.1) is 6.92 Å². The van der Waals surface area contributed by atoms with E-state index in [1.807, 2.05) is 45.3 Å². The number of aromatic nitrogens is 1. The van der Waals surface area contributed by atoms with E-state index in [1.165, 1.54) is 0 Å². The Morgan fingerprint density at radius 3 is 2.55 bits per heavy atom. The first-order valence-corrected chi connectivity index (χ1v) is 7.50. The van der Waals surface area contributed by atoms with Gasteiger partial charge in [-0.15, -0.1) is 0 Å². The standard InChI is InChI=1S/C18H23N3O/c1-14-16(10-7-12-19-14)18(22)20-17(11-13-21(2)3)15-8-5-4-6-9-15/h4-10,12,17H,11,13H2,1-3H3,(H,20,22). The van der Waals surface area contributed by atoms with Crippen molar-refractivity contribution in [3.8, 4) is 0 Å². The van der Waals surface area contributed by atoms with Crippen LogP contribution in [0.4, 0.5) is 0 Å². The molecule has 0 fully saturated rings. The number of aryl methyl sites for hydroxylation is 1. The maximum absolute atomic E-state index is 12.5. The Balaban J connectivity index is 2.16. The van der Waals surface area contributed by atoms with Gasteiger partial charge in [-0.3, -0.25) is 9.78 Å². The topological polar surface area (TPSA) is 45.2 Å². The zero-order valence-electron chi connectivity index (χ0n) is 13.4. The van der Waals surface area contributed by atoms with Gasteiger partial charge in [-0.05, 0) is 51.7 Å². The number of benzene rings is 1. The fourth-order valence-electron chi connectivity index (χ4n) is 2.36. The smallest absolute Gasteiger partial charge is 0.253 e. The molecule has 0 radical (unpaired) electrons. The average molecular weight is 297 g/mol. The molecule has 0 aliphatic rings. The molecule has 1 heterocycles. The van der Waals surface area contributed by atoms with Gasteiger partial charge in [0, 0.05) is 11.9 Å². The summed E-state index contributed by atoms with van der Waals surface area (Å²) in [5.41, 5.74) is 2.51. The molecule has 1 N–H and O–H groups in total. The predicted octanol–water partition coefficient (Wildman–Crippen LogP) is 2.81. The lowest BCUT2D eigenvalue weighted by atomic mass is 10.0. The molecule has 1 aromatic carbocycles. The average Bonchev–Trinajstić information content (AvgIpc) is 2.52. The van der Waals surface area contributed by atoms with Crippen LogP contribution in [0.25, 0.3) is 0 Å². The third-order valence-corrected chi connectivity index (χ3v) is 3.62. The van der Waals surface area contributed by atoms with Crippen LogP contribution in [0.1, 0.15) is 34.1 Å². The van der Waals surface area contributed by atoms with Crippen molar-refractivity contribution in [3.05, 3.63) is 65.5 Å². The third kappa shape index (κ3) is 4.40. The summed E-state index contributed by atoms with van der Waals surface area (Å²) in [6.45, 7) is 2.76. The summed E-state index contributed by atoms with van der Waals surface area (Å²) in [5, 5.41) is 3.14. The van der Waals surface area contributed by atoms with E-state index in [1.54, 1.807) is 12.3 Å². The Bertz CT molecular complexity index is 611. The van der Waals surface area contributed by atoms with Crippen molar-refractivity contribution in [2.75, 3.05) is 20.6 Å². The van der Waals surface area contributed by atoms with Gasteiger partial charge in [0.15, 0.2) is 0 Å². The molecule has 0 bridgehead atoms. The SMILES string of the molecule is Cc1ncccc1C(=O)NC(CCN(C)C)c1ccccc1. The van der Waals surface area contributed by atoms with Gasteiger partial charge in [-0.25, -0.2) is 0 Å². The Kier molecular flexibility index (Phi) is 5.67. The molecule has 116 valence electrons. The highest BCUT2D eigenvalue weighted by Gasteiger charge is 2.17. The molecule has 4 nitrogen and oxygen atoms in total. The highest BCUT2D eigenvalue weighted by atomic mass is 16.1. The summed E-state index contributed by atoms with van der Waals surface area (Å²) >= 11 is 0. The molecule has 0 saturated heterocycles. The van der Waals surface area contributed by atoms with Crippen molar-refractivity contribution in [2.24, 2.45) is 0 Å². The lowest BCUT2D eigenvalue weighted by Gasteiger charge is -2.21. The van der Waals surface area contributed by atoms with Gasteiger partial charge >= 0.3 is 0 Å². The molecule has 4 heteroatoms. The first-order valence-electron chi connectivity index (χ1n) is 7.50. The highest BCUT2D eigenvalue weighted by molar-refractivity contribution is 5.95. The minimum atomic E-state index is -0.0711. The summed E-state index contributed by atoms with van der Waals surface area (Å²) in [6, 6.07) is 13.7. The second-order valence-electron chi connectivity index (χ2n) is 5.67. The van der Waals surface area contributed by atoms with Crippen LogP contribution in [0.2, 0.25) is 0 Å². The van der Waals surface area contributed by atoms with Gasteiger partial charge in [-0.1, -0.05) is 30.3 Å². The van der Waals surface area contributed by atoms with Gasteiger partial charge in [0.25, 0.3) is 5.91 Å². The number of nitrogens with one attached hydrogen (secondary N) is 1. The molecule has 0 aliphatic heterocycles. The summed E-state index contributed by atoms with van der Waals surface area (Å²) in [4.78, 5) is 18.8. The van der Waals surface area contributed by atoms with Gasteiger partial charge < -0.3 is 10.2 Å². The van der Waals surface area contributed by atoms with E-state index >= 15 is 0 Å². The highest BCUT2D eigenvalue weighted by Crippen LogP contribution is 2.18. The second-order valence-corrected chi connectivity index (χ2v) is 5.67. The lowest BCUT2D eigenvalue weighted by molar-refractivity contribution is 0.0931. The molecule has 22 heavy (non-hydrogen) atoms. The zero-order valence-corrected chi connectivity index (χ0v) is 13.4. The van der Waals surface area contributed by atoms with Crippen LogP contribution < -0.4 is 5.32 Å². The Morgan fingerprint density at radius 1 is 1.18 bits per heavy atom. The molecular formula is C18H23N3O. The number of hydrogen-bond donors (Lipinski definition) is 1. The number of carbonyl (C=O) groups excluding carboxylic acids is 1. The number of carbonyl (C=O) groups is 1. The van der Waals surface area contributed by atoms with Crippen LogP contribution in [-0.2, 0) is 0 Å². The van der Waals surface area contributed by atoms with Crippen LogP contribution in [0.5, 0.6) is 0 Å². The zero-order chi connectivity index (χ0) is 15.9. The minimum absolute atomic E-state index is 0.00398. The van der Waals surface area contributed by atoms with Gasteiger partial charge in [0.2, 0.25) is 0 Å². The monoisotopic (exact) mass is 297 g/mol. The summed E-state index contributed by atoms with van der Waals surface area (Å²) in [6.07, 6.45) is 2.56. The van der Waals surface area contributed by atoms with Crippen molar-refractivity contribution >= 4 is 5.91 Å². The fourth-order valence-corrected chi connectivity index (χ4v) is 2.36. The lowest BCUT2D eigenvalue weighted by Crippen LogP contribution is -2.31. The molecular weight excluding hydrogens is 274 g/mol. The van der Waals surface area contributed by atoms with E-state index in [0.717, 1.165) is 24.2 Å². The Hall–Kier alpha value is -2.20. The van der Waals surface area contributed by atoms with Crippen molar-refractivity contribution in [1.82, 2.24) is 15.2 Å². The molecule has 2 aromatic rings. The van der Waals surface area contributed by atoms with Gasteiger partial charge in [0.1, 0.15) is 0 Å². The molecule has 1 atom stereocenters. The first kappa shape index (κ1) is 16.2. The number of hydrogen-bond acceptors (Lipinski definition) is 3. The molecule has 1 aromatic heterocycles. The fraction of sp³-hybridized carbons (Fsp3) is 0.333. The van der Waals surface area contributed by atoms with E-state index in [9.17, 15) is 4.79 Å². The largest absolute Gasteiger partial charge is 0.345 e. The number of amides is 1. The summed E-state index contributed by atoms with van der Waals surface area (Å²) in [5.74, 6) is -0.0711. The van der Waals surface area contributed by atoms with Crippen LogP contribution in [0.3, 0.4) is 0 Å². The summed E-state index contributed by atoms with van der Waals surface area (Å²) in [7, 11) is 4.07. The minimum Gasteiger partial charge on any atom is -0.345 e. The van der Waals surface area contributed by atoms with Gasteiger partial charge in [0.05, 0.1) is 11.6 Å². The van der Waals surface area contributed by atoms with Crippen molar-refractivity contribution < 1.29 is 4.79 Å². The number of pyridine rings is 1. The third-order valence-electron chi connectivity index (χ3n) is 3.62. The van der Waals surface area contributed by atoms with Crippen molar-refractivity contribution in [1.29, 1.82) is 0 Å². The normalized spacial score (nSPS) is 12.2. The quantitative estimate of drug-likeness (QED) is 0.892. The van der Waals surface area contributed by atoms with Crippen LogP contribution in [0.15, 0.2) is 48.7 Å². The van der Waals surface area contributed by atoms with Crippen LogP contribution in [-0.4, -0.2) is 36.4 Å². The predicted molar refractivity (Wildman–Crippen MR) is 88.8 cm³/mol. The number of rotatable bonds is 6. The number of nitrogens with zero attached hydrogens (tertiary/aromatic N) is 2. The van der Waals surface area contributed by atoms with Crippen LogP contribution >= 0.6 is 0 Å². The first-order chi connectivity index (χ1) is 10.6. The second kappa shape index (κ2) is 7.71. The Labute approximate surface area is 132 Å². The maximum Gasteiger partial charge on any atom is 0.253 e. The molecule has 0 aliphatic carbocycles. The maximum atomic E-state index is 12.5. The van der Waals surface area contributed by atoms with E-state index in [0.29, 0.717) is 5.56 Å². The molecule has 1 unspecified atom stereocenters. The van der Waals surface area contributed by atoms with E-state index < -0.39 is 0 Å². The van der Waals surface area contributed by atoms with Gasteiger partial charge in [-0.2, -0.15) is 0 Å². The Morgan fingerprint density at radius 2 is 1.91 bits per heavy atom. The van der Waals surface area contributed by atoms with Crippen molar-refractivity contribution in [3.63, 3.8) is 0 Å². The van der Waals surface area contributed by atoms with E-state index in [2.05, 4.69) is 27.3 Å². The summed E-state index contributed by atoms with van der Waals surface area (Å²) < 4.78 is 0. The van der Waals surface area contributed by atoms with E-state index in [4.69, 9.17) is 0 Å².